The second-order valence-corrected chi connectivity index (χ2v) is 10.9. The van der Waals surface area contributed by atoms with E-state index in [-0.39, 0.29) is 26.1 Å². The number of ether oxygens (including phenoxy) is 4. The van der Waals surface area contributed by atoms with Crippen LogP contribution < -0.4 is 0 Å². The number of hydrogen-bond acceptors (Lipinski definition) is 10. The fourth-order valence-electron chi connectivity index (χ4n) is 4.32. The molecule has 0 aromatic rings. The molecule has 10 nitrogen and oxygen atoms in total. The number of aliphatic hydroxyl groups is 4. The maximum absolute atomic E-state index is 12.5. The zero-order valence-corrected chi connectivity index (χ0v) is 27.1. The summed E-state index contributed by atoms with van der Waals surface area (Å²) in [5, 5.41) is 39.6. The Balaban J connectivity index is 2.52. The van der Waals surface area contributed by atoms with Crippen molar-refractivity contribution in [2.45, 2.75) is 128 Å². The minimum Gasteiger partial charge on any atom is -0.462 e. The number of hydrogen-bond donors (Lipinski definition) is 4. The van der Waals surface area contributed by atoms with Gasteiger partial charge in [-0.3, -0.25) is 9.59 Å². The van der Waals surface area contributed by atoms with E-state index in [4.69, 9.17) is 18.9 Å². The highest BCUT2D eigenvalue weighted by molar-refractivity contribution is 5.71. The van der Waals surface area contributed by atoms with E-state index in [0.29, 0.717) is 12.8 Å². The Hall–Kier alpha value is -2.60. The average molecular weight is 637 g/mol. The van der Waals surface area contributed by atoms with Crippen molar-refractivity contribution in [1.29, 1.82) is 0 Å². The van der Waals surface area contributed by atoms with Crippen LogP contribution in [0.15, 0.2) is 60.8 Å². The van der Waals surface area contributed by atoms with Gasteiger partial charge in [-0.05, 0) is 38.5 Å². The minimum absolute atomic E-state index is 0.00452. The summed E-state index contributed by atoms with van der Waals surface area (Å²) in [6, 6.07) is 0. The molecule has 0 bridgehead atoms. The normalized spacial score (nSPS) is 23.2. The van der Waals surface area contributed by atoms with Crippen LogP contribution in [0.4, 0.5) is 0 Å². The number of esters is 2. The molecular weight excluding hydrogens is 580 g/mol. The maximum Gasteiger partial charge on any atom is 0.310 e. The SMILES string of the molecule is CC/C=C\C/C=C\C/C=C\C/C=C\C/C=C\CC(=O)OC(COC(=O)CCCCCCC)COC1OC(CO)C(O)C(O)C1O. The molecule has 0 aromatic heterocycles. The largest absolute Gasteiger partial charge is 0.462 e. The first-order valence-corrected chi connectivity index (χ1v) is 16.4. The van der Waals surface area contributed by atoms with Crippen molar-refractivity contribution in [3.05, 3.63) is 60.8 Å². The standard InChI is InChI=1S/C35H56O10/c1-3-5-7-9-10-11-12-13-14-15-16-17-18-20-22-24-31(38)44-28(26-42-30(37)23-21-19-8-6-4-2)27-43-35-34(41)33(40)32(39)29(25-36)45-35/h5,7,10-11,13-14,16-17,20,22,28-29,32-36,39-41H,3-4,6,8-9,12,15,18-19,21,23-27H2,1-2H3/b7-5-,11-10-,14-13-,17-16-,22-20-. The molecule has 45 heavy (non-hydrogen) atoms. The summed E-state index contributed by atoms with van der Waals surface area (Å²) in [6.07, 6.45) is 21.7. The van der Waals surface area contributed by atoms with Crippen LogP contribution in [-0.2, 0) is 28.5 Å². The third kappa shape index (κ3) is 19.5. The van der Waals surface area contributed by atoms with Gasteiger partial charge in [-0.15, -0.1) is 0 Å². The van der Waals surface area contributed by atoms with Gasteiger partial charge < -0.3 is 39.4 Å². The molecule has 4 N–H and O–H groups in total. The second kappa shape index (κ2) is 26.6. The summed E-state index contributed by atoms with van der Waals surface area (Å²) in [7, 11) is 0. The molecule has 0 radical (unpaired) electrons. The van der Waals surface area contributed by atoms with E-state index in [1.54, 1.807) is 6.08 Å². The van der Waals surface area contributed by atoms with Crippen LogP contribution >= 0.6 is 0 Å². The highest BCUT2D eigenvalue weighted by atomic mass is 16.7. The van der Waals surface area contributed by atoms with E-state index in [0.717, 1.165) is 51.4 Å². The van der Waals surface area contributed by atoms with E-state index in [1.165, 1.54) is 0 Å². The van der Waals surface area contributed by atoms with Crippen molar-refractivity contribution in [1.82, 2.24) is 0 Å². The lowest BCUT2D eigenvalue weighted by Crippen LogP contribution is -2.59. The van der Waals surface area contributed by atoms with Crippen LogP contribution in [0, 0.1) is 0 Å². The average Bonchev–Trinajstić information content (AvgIpc) is 3.03. The molecule has 0 saturated carbocycles. The van der Waals surface area contributed by atoms with Gasteiger partial charge in [-0.25, -0.2) is 0 Å². The summed E-state index contributed by atoms with van der Waals surface area (Å²) in [5.74, 6) is -0.979. The molecule has 0 aliphatic carbocycles. The Bertz CT molecular complexity index is 923. The molecule has 1 heterocycles. The Labute approximate surface area is 269 Å². The lowest BCUT2D eigenvalue weighted by atomic mass is 9.99. The smallest absolute Gasteiger partial charge is 0.310 e. The number of rotatable bonds is 24. The van der Waals surface area contributed by atoms with Crippen LogP contribution in [0.25, 0.3) is 0 Å². The number of aliphatic hydroxyl groups excluding tert-OH is 4. The molecule has 1 rings (SSSR count). The van der Waals surface area contributed by atoms with Gasteiger partial charge in [0.15, 0.2) is 12.4 Å². The highest BCUT2D eigenvalue weighted by Crippen LogP contribution is 2.22. The molecule has 0 amide bonds. The molecule has 1 saturated heterocycles. The Morgan fingerprint density at radius 2 is 1.29 bits per heavy atom. The number of allylic oxidation sites excluding steroid dienone is 9. The van der Waals surface area contributed by atoms with Crippen molar-refractivity contribution in [2.24, 2.45) is 0 Å². The van der Waals surface area contributed by atoms with Crippen LogP contribution in [0.1, 0.15) is 90.9 Å². The topological polar surface area (TPSA) is 152 Å². The zero-order chi connectivity index (χ0) is 33.1. The van der Waals surface area contributed by atoms with Crippen molar-refractivity contribution in [3.8, 4) is 0 Å². The van der Waals surface area contributed by atoms with Gasteiger partial charge in [0, 0.05) is 6.42 Å². The van der Waals surface area contributed by atoms with Gasteiger partial charge in [0.1, 0.15) is 31.0 Å². The molecule has 1 fully saturated rings. The van der Waals surface area contributed by atoms with Crippen LogP contribution in [-0.4, -0.2) is 89.0 Å². The predicted molar refractivity (Wildman–Crippen MR) is 173 cm³/mol. The first-order chi connectivity index (χ1) is 21.8. The summed E-state index contributed by atoms with van der Waals surface area (Å²) < 4.78 is 21.7. The summed E-state index contributed by atoms with van der Waals surface area (Å²) in [5.41, 5.74) is 0. The third-order valence-electron chi connectivity index (χ3n) is 6.95. The molecular formula is C35H56O10. The van der Waals surface area contributed by atoms with Crippen LogP contribution in [0.2, 0.25) is 0 Å². The first kappa shape index (κ1) is 40.4. The zero-order valence-electron chi connectivity index (χ0n) is 27.1. The van der Waals surface area contributed by atoms with E-state index in [9.17, 15) is 30.0 Å². The quantitative estimate of drug-likeness (QED) is 0.0663. The molecule has 1 aliphatic rings. The highest BCUT2D eigenvalue weighted by Gasteiger charge is 2.44. The number of unbranched alkanes of at least 4 members (excludes halogenated alkanes) is 4. The summed E-state index contributed by atoms with van der Waals surface area (Å²) in [4.78, 5) is 24.8. The van der Waals surface area contributed by atoms with Gasteiger partial charge in [0.2, 0.25) is 0 Å². The Morgan fingerprint density at radius 3 is 1.87 bits per heavy atom. The molecule has 6 unspecified atom stereocenters. The van der Waals surface area contributed by atoms with Crippen molar-refractivity contribution in [3.63, 3.8) is 0 Å². The van der Waals surface area contributed by atoms with Gasteiger partial charge in [-0.1, -0.05) is 100 Å². The monoisotopic (exact) mass is 636 g/mol. The Morgan fingerprint density at radius 1 is 0.711 bits per heavy atom. The molecule has 10 heteroatoms. The first-order valence-electron chi connectivity index (χ1n) is 16.4. The molecule has 256 valence electrons. The Kier molecular flexibility index (Phi) is 23.9. The van der Waals surface area contributed by atoms with E-state index >= 15 is 0 Å². The molecule has 0 aromatic carbocycles. The minimum atomic E-state index is -1.61. The van der Waals surface area contributed by atoms with E-state index in [2.05, 4.69) is 56.4 Å². The lowest BCUT2D eigenvalue weighted by molar-refractivity contribution is -0.305. The maximum atomic E-state index is 12.5. The molecule has 1 aliphatic heterocycles. The summed E-state index contributed by atoms with van der Waals surface area (Å²) >= 11 is 0. The van der Waals surface area contributed by atoms with Gasteiger partial charge in [0.05, 0.1) is 19.6 Å². The molecule has 6 atom stereocenters. The van der Waals surface area contributed by atoms with Crippen molar-refractivity contribution < 1.29 is 49.0 Å². The van der Waals surface area contributed by atoms with Gasteiger partial charge in [-0.2, -0.15) is 0 Å². The number of carbonyl (C=O) groups excluding carboxylic acids is 2. The lowest BCUT2D eigenvalue weighted by Gasteiger charge is -2.39. The number of carbonyl (C=O) groups is 2. The van der Waals surface area contributed by atoms with Gasteiger partial charge in [0.25, 0.3) is 0 Å². The predicted octanol–water partition coefficient (Wildman–Crippen LogP) is 4.76. The van der Waals surface area contributed by atoms with Gasteiger partial charge >= 0.3 is 11.9 Å². The second-order valence-electron chi connectivity index (χ2n) is 10.9. The van der Waals surface area contributed by atoms with Crippen molar-refractivity contribution in [2.75, 3.05) is 19.8 Å². The van der Waals surface area contributed by atoms with Crippen LogP contribution in [0.3, 0.4) is 0 Å². The van der Waals surface area contributed by atoms with E-state index < -0.39 is 55.4 Å². The summed E-state index contributed by atoms with van der Waals surface area (Å²) in [6.45, 7) is 3.05. The molecule has 0 spiro atoms. The fraction of sp³-hybridized carbons (Fsp3) is 0.657. The van der Waals surface area contributed by atoms with Crippen LogP contribution in [0.5, 0.6) is 0 Å². The third-order valence-corrected chi connectivity index (χ3v) is 6.95. The van der Waals surface area contributed by atoms with Crippen molar-refractivity contribution >= 4 is 11.9 Å². The fourth-order valence-corrected chi connectivity index (χ4v) is 4.32. The van der Waals surface area contributed by atoms with E-state index in [1.807, 2.05) is 12.2 Å².